The summed E-state index contributed by atoms with van der Waals surface area (Å²) in [5.74, 6) is 0.370. The Kier molecular flexibility index (Phi) is 5.15. The number of carbonyl (C=O) groups excluding carboxylic acids is 1. The van der Waals surface area contributed by atoms with Crippen molar-refractivity contribution in [2.24, 2.45) is 0 Å². The molecule has 17 heavy (non-hydrogen) atoms. The first-order chi connectivity index (χ1) is 8.04. The molecule has 2 N–H and O–H groups in total. The lowest BCUT2D eigenvalue weighted by molar-refractivity contribution is 0.0955. The maximum Gasteiger partial charge on any atom is 0.251 e. The summed E-state index contributed by atoms with van der Waals surface area (Å²) in [5, 5.41) is 5.78. The molecule has 0 aliphatic heterocycles. The second kappa shape index (κ2) is 6.39. The zero-order chi connectivity index (χ0) is 12.8. The fourth-order valence-corrected chi connectivity index (χ4v) is 1.87. The number of amides is 1. The van der Waals surface area contributed by atoms with Gasteiger partial charge in [0.1, 0.15) is 0 Å². The number of hydrogen-bond acceptors (Lipinski definition) is 3. The van der Waals surface area contributed by atoms with Gasteiger partial charge in [-0.3, -0.25) is 9.00 Å². The van der Waals surface area contributed by atoms with Gasteiger partial charge in [0.25, 0.3) is 5.91 Å². The van der Waals surface area contributed by atoms with Gasteiger partial charge >= 0.3 is 0 Å². The summed E-state index contributed by atoms with van der Waals surface area (Å²) >= 11 is 0. The Hall–Kier alpha value is -1.36. The molecule has 94 valence electrons. The van der Waals surface area contributed by atoms with E-state index in [2.05, 4.69) is 10.6 Å². The second-order valence-corrected chi connectivity index (χ2v) is 5.37. The van der Waals surface area contributed by atoms with Crippen LogP contribution in [0.3, 0.4) is 0 Å². The van der Waals surface area contributed by atoms with Crippen molar-refractivity contribution in [1.29, 1.82) is 0 Å². The van der Waals surface area contributed by atoms with Gasteiger partial charge in [0.15, 0.2) is 0 Å². The number of hydrogen-bond donors (Lipinski definition) is 2. The van der Waals surface area contributed by atoms with Crippen molar-refractivity contribution in [2.75, 3.05) is 30.9 Å². The average molecular weight is 254 g/mol. The first-order valence-corrected chi connectivity index (χ1v) is 7.14. The van der Waals surface area contributed by atoms with Gasteiger partial charge in [-0.2, -0.15) is 0 Å². The summed E-state index contributed by atoms with van der Waals surface area (Å²) in [5.41, 5.74) is 2.56. The van der Waals surface area contributed by atoms with E-state index in [1.165, 1.54) is 0 Å². The van der Waals surface area contributed by atoms with Gasteiger partial charge in [0, 0.05) is 47.7 Å². The molecule has 1 aromatic rings. The van der Waals surface area contributed by atoms with E-state index in [1.54, 1.807) is 12.3 Å². The molecule has 1 atom stereocenters. The van der Waals surface area contributed by atoms with Gasteiger partial charge in [0.2, 0.25) is 0 Å². The molecule has 0 bridgehead atoms. The molecule has 0 spiro atoms. The molecule has 1 amide bonds. The summed E-state index contributed by atoms with van der Waals surface area (Å²) in [6, 6.07) is 5.58. The van der Waals surface area contributed by atoms with Crippen molar-refractivity contribution in [3.8, 4) is 0 Å². The van der Waals surface area contributed by atoms with E-state index >= 15 is 0 Å². The van der Waals surface area contributed by atoms with Crippen LogP contribution < -0.4 is 10.6 Å². The maximum absolute atomic E-state index is 11.8. The summed E-state index contributed by atoms with van der Waals surface area (Å²) in [7, 11) is 0.965. The fourth-order valence-electron chi connectivity index (χ4n) is 1.48. The van der Waals surface area contributed by atoms with Crippen molar-refractivity contribution >= 4 is 22.4 Å². The fraction of sp³-hybridized carbons (Fsp3) is 0.417. The Bertz CT molecular complexity index is 433. The molecule has 0 aliphatic carbocycles. The number of aryl methyl sites for hydroxylation is 1. The quantitative estimate of drug-likeness (QED) is 0.828. The van der Waals surface area contributed by atoms with Crippen LogP contribution in [-0.2, 0) is 10.8 Å². The van der Waals surface area contributed by atoms with Crippen LogP contribution in [0.1, 0.15) is 15.9 Å². The molecule has 1 rings (SSSR count). The monoisotopic (exact) mass is 254 g/mol. The Morgan fingerprint density at radius 1 is 1.41 bits per heavy atom. The molecule has 1 aromatic carbocycles. The van der Waals surface area contributed by atoms with E-state index in [0.717, 1.165) is 11.3 Å². The van der Waals surface area contributed by atoms with E-state index in [4.69, 9.17) is 0 Å². The van der Waals surface area contributed by atoms with Crippen LogP contribution in [0.15, 0.2) is 18.2 Å². The van der Waals surface area contributed by atoms with Gasteiger partial charge < -0.3 is 10.6 Å². The molecule has 1 unspecified atom stereocenters. The number of anilines is 1. The standard InChI is InChI=1S/C12H18N2O2S/c1-9-8-10(13-2)4-5-11(9)12(15)14-6-7-17(3)16/h4-5,8,13H,6-7H2,1-3H3,(H,14,15). The van der Waals surface area contributed by atoms with Gasteiger partial charge in [-0.1, -0.05) is 0 Å². The Morgan fingerprint density at radius 3 is 2.65 bits per heavy atom. The summed E-state index contributed by atoms with van der Waals surface area (Å²) < 4.78 is 10.9. The smallest absolute Gasteiger partial charge is 0.251 e. The largest absolute Gasteiger partial charge is 0.388 e. The normalized spacial score (nSPS) is 11.9. The average Bonchev–Trinajstić information content (AvgIpc) is 2.28. The lowest BCUT2D eigenvalue weighted by Crippen LogP contribution is -2.28. The van der Waals surface area contributed by atoms with Crippen molar-refractivity contribution in [3.63, 3.8) is 0 Å². The van der Waals surface area contributed by atoms with Crippen LogP contribution >= 0.6 is 0 Å². The molecule has 0 aromatic heterocycles. The SMILES string of the molecule is CNc1ccc(C(=O)NCCS(C)=O)c(C)c1. The van der Waals surface area contributed by atoms with Crippen molar-refractivity contribution in [3.05, 3.63) is 29.3 Å². The van der Waals surface area contributed by atoms with Crippen LogP contribution in [0.2, 0.25) is 0 Å². The van der Waals surface area contributed by atoms with Crippen molar-refractivity contribution in [1.82, 2.24) is 5.32 Å². The van der Waals surface area contributed by atoms with Gasteiger partial charge in [0.05, 0.1) is 0 Å². The minimum Gasteiger partial charge on any atom is -0.388 e. The number of carbonyl (C=O) groups is 1. The molecule has 0 heterocycles. The van der Waals surface area contributed by atoms with Crippen LogP contribution in [0.4, 0.5) is 5.69 Å². The third-order valence-electron chi connectivity index (χ3n) is 2.43. The summed E-state index contributed by atoms with van der Waals surface area (Å²) in [4.78, 5) is 11.8. The zero-order valence-electron chi connectivity index (χ0n) is 10.4. The highest BCUT2D eigenvalue weighted by Gasteiger charge is 2.08. The molecule has 4 nitrogen and oxygen atoms in total. The van der Waals surface area contributed by atoms with Crippen molar-refractivity contribution in [2.45, 2.75) is 6.92 Å². The topological polar surface area (TPSA) is 58.2 Å². The van der Waals surface area contributed by atoms with E-state index < -0.39 is 10.8 Å². The number of nitrogens with one attached hydrogen (secondary N) is 2. The lowest BCUT2D eigenvalue weighted by Gasteiger charge is -2.08. The zero-order valence-corrected chi connectivity index (χ0v) is 11.2. The van der Waals surface area contributed by atoms with E-state index in [1.807, 2.05) is 26.1 Å². The third kappa shape index (κ3) is 4.19. The third-order valence-corrected chi connectivity index (χ3v) is 3.21. The Labute approximate surface area is 104 Å². The summed E-state index contributed by atoms with van der Waals surface area (Å²) in [6.07, 6.45) is 1.62. The van der Waals surface area contributed by atoms with Crippen LogP contribution in [0.5, 0.6) is 0 Å². The Morgan fingerprint density at radius 2 is 2.12 bits per heavy atom. The molecule has 0 radical (unpaired) electrons. The highest BCUT2D eigenvalue weighted by molar-refractivity contribution is 7.84. The van der Waals surface area contributed by atoms with Gasteiger partial charge in [-0.05, 0) is 30.7 Å². The van der Waals surface area contributed by atoms with E-state index in [-0.39, 0.29) is 5.91 Å². The van der Waals surface area contributed by atoms with E-state index in [0.29, 0.717) is 17.9 Å². The van der Waals surface area contributed by atoms with E-state index in [9.17, 15) is 9.00 Å². The summed E-state index contributed by atoms with van der Waals surface area (Å²) in [6.45, 7) is 2.34. The second-order valence-electron chi connectivity index (χ2n) is 3.81. The minimum absolute atomic E-state index is 0.115. The molecule has 0 saturated carbocycles. The van der Waals surface area contributed by atoms with Crippen molar-refractivity contribution < 1.29 is 9.00 Å². The van der Waals surface area contributed by atoms with Crippen LogP contribution in [-0.4, -0.2) is 35.7 Å². The first-order valence-electron chi connectivity index (χ1n) is 5.41. The maximum atomic E-state index is 11.8. The lowest BCUT2D eigenvalue weighted by atomic mass is 10.1. The number of rotatable bonds is 5. The molecular formula is C12H18N2O2S. The first kappa shape index (κ1) is 13.7. The molecule has 0 aliphatic rings. The molecule has 5 heteroatoms. The van der Waals surface area contributed by atoms with Crippen LogP contribution in [0, 0.1) is 6.92 Å². The number of benzene rings is 1. The predicted molar refractivity (Wildman–Crippen MR) is 72.0 cm³/mol. The Balaban J connectivity index is 2.66. The minimum atomic E-state index is -0.874. The highest BCUT2D eigenvalue weighted by atomic mass is 32.2. The predicted octanol–water partition coefficient (Wildman–Crippen LogP) is 1.15. The molecule has 0 saturated heterocycles. The van der Waals surface area contributed by atoms with Gasteiger partial charge in [-0.15, -0.1) is 0 Å². The molecular weight excluding hydrogens is 236 g/mol. The molecule has 0 fully saturated rings. The highest BCUT2D eigenvalue weighted by Crippen LogP contribution is 2.14. The van der Waals surface area contributed by atoms with Crippen LogP contribution in [0.25, 0.3) is 0 Å². The van der Waals surface area contributed by atoms with Gasteiger partial charge in [-0.25, -0.2) is 0 Å².